The summed E-state index contributed by atoms with van der Waals surface area (Å²) < 4.78 is 44.7. The predicted molar refractivity (Wildman–Crippen MR) is 150 cm³/mol. The molecule has 0 saturated carbocycles. The van der Waals surface area contributed by atoms with E-state index in [1.807, 2.05) is 37.3 Å². The molecule has 0 spiro atoms. The first-order valence-electron chi connectivity index (χ1n) is 13.8. The van der Waals surface area contributed by atoms with Gasteiger partial charge in [-0.2, -0.15) is 0 Å². The zero-order valence-corrected chi connectivity index (χ0v) is 23.8. The quantitative estimate of drug-likeness (QED) is 0.310. The minimum absolute atomic E-state index is 0.0335. The first-order valence-corrected chi connectivity index (χ1v) is 13.8. The van der Waals surface area contributed by atoms with Gasteiger partial charge in [-0.05, 0) is 75.6 Å². The van der Waals surface area contributed by atoms with Crippen LogP contribution >= 0.6 is 0 Å². The zero-order valence-electron chi connectivity index (χ0n) is 23.8. The largest absolute Gasteiger partial charge is 0.487 e. The molecule has 1 fully saturated rings. The molecule has 1 unspecified atom stereocenters. The van der Waals surface area contributed by atoms with Crippen LogP contribution in [0.15, 0.2) is 46.9 Å². The van der Waals surface area contributed by atoms with Crippen molar-refractivity contribution in [3.8, 4) is 16.9 Å². The Morgan fingerprint density at radius 1 is 1.07 bits per heavy atom. The number of hydrogen-bond donors (Lipinski definition) is 1. The number of carbonyl (C=O) groups is 2. The predicted octanol–water partition coefficient (Wildman–Crippen LogP) is 7.56. The van der Waals surface area contributed by atoms with Crippen molar-refractivity contribution in [2.24, 2.45) is 0 Å². The van der Waals surface area contributed by atoms with E-state index in [1.54, 1.807) is 32.9 Å². The normalized spacial score (nSPS) is 16.0. The number of ether oxygens (including phenoxy) is 2. The standard InChI is InChI=1S/C31H38F2N2O5/c1-6-7-20(2)38-26-18-23(16-24-17-25(39-27(24)26)19-34-29(37)40-30(3,4)5)21-8-10-22(11-9-21)28(36)35-14-12-31(32,33)13-15-35/h8-11,16-18,20H,6-7,12-15,19H2,1-5H3,(H,34,37). The number of carbonyl (C=O) groups excluding carboxylic acids is 2. The van der Waals surface area contributed by atoms with Crippen LogP contribution in [0.3, 0.4) is 0 Å². The molecule has 1 saturated heterocycles. The van der Waals surface area contributed by atoms with E-state index in [0.717, 1.165) is 29.4 Å². The number of likely N-dealkylation sites (tertiary alicyclic amines) is 1. The van der Waals surface area contributed by atoms with E-state index in [1.165, 1.54) is 4.90 Å². The van der Waals surface area contributed by atoms with E-state index in [-0.39, 0.29) is 44.5 Å². The number of benzene rings is 2. The van der Waals surface area contributed by atoms with Crippen LogP contribution in [0.1, 0.15) is 76.4 Å². The van der Waals surface area contributed by atoms with E-state index in [9.17, 15) is 18.4 Å². The number of rotatable bonds is 8. The maximum atomic E-state index is 13.5. The topological polar surface area (TPSA) is 81.0 Å². The van der Waals surface area contributed by atoms with E-state index < -0.39 is 17.6 Å². The fourth-order valence-corrected chi connectivity index (χ4v) is 4.70. The Morgan fingerprint density at radius 2 is 1.75 bits per heavy atom. The number of nitrogens with zero attached hydrogens (tertiary/aromatic N) is 1. The number of piperidine rings is 1. The molecule has 0 radical (unpaired) electrons. The molecule has 0 bridgehead atoms. The summed E-state index contributed by atoms with van der Waals surface area (Å²) >= 11 is 0. The minimum Gasteiger partial charge on any atom is -0.487 e. The Hall–Kier alpha value is -3.62. The SMILES string of the molecule is CCCC(C)Oc1cc(-c2ccc(C(=O)N3CCC(F)(F)CC3)cc2)cc2cc(CNC(=O)OC(C)(C)C)oc12. The number of amides is 2. The van der Waals surface area contributed by atoms with Crippen LogP contribution in [-0.2, 0) is 11.3 Å². The van der Waals surface area contributed by atoms with Crippen molar-refractivity contribution in [2.45, 2.75) is 84.5 Å². The van der Waals surface area contributed by atoms with Crippen molar-refractivity contribution >= 4 is 23.0 Å². The molecule has 2 aromatic carbocycles. The van der Waals surface area contributed by atoms with Crippen LogP contribution in [0.5, 0.6) is 5.75 Å². The number of alkyl halides is 2. The van der Waals surface area contributed by atoms with E-state index >= 15 is 0 Å². The van der Waals surface area contributed by atoms with Gasteiger partial charge in [0.25, 0.3) is 11.8 Å². The number of fused-ring (bicyclic) bond motifs is 1. The first-order chi connectivity index (χ1) is 18.8. The van der Waals surface area contributed by atoms with Crippen molar-refractivity contribution in [2.75, 3.05) is 13.1 Å². The summed E-state index contributed by atoms with van der Waals surface area (Å²) in [4.78, 5) is 26.5. The van der Waals surface area contributed by atoms with Crippen molar-refractivity contribution in [3.63, 3.8) is 0 Å². The van der Waals surface area contributed by atoms with Crippen molar-refractivity contribution in [3.05, 3.63) is 53.8 Å². The molecule has 0 aliphatic carbocycles. The van der Waals surface area contributed by atoms with Gasteiger partial charge in [0.15, 0.2) is 11.3 Å². The fourth-order valence-electron chi connectivity index (χ4n) is 4.70. The monoisotopic (exact) mass is 556 g/mol. The van der Waals surface area contributed by atoms with Crippen LogP contribution in [0.25, 0.3) is 22.1 Å². The Labute approximate surface area is 233 Å². The van der Waals surface area contributed by atoms with Crippen LogP contribution in [0.4, 0.5) is 13.6 Å². The minimum atomic E-state index is -2.70. The molecule has 2 heterocycles. The number of furan rings is 1. The smallest absolute Gasteiger partial charge is 0.408 e. The van der Waals surface area contributed by atoms with Gasteiger partial charge in [-0.25, -0.2) is 13.6 Å². The average Bonchev–Trinajstić information content (AvgIpc) is 3.30. The summed E-state index contributed by atoms with van der Waals surface area (Å²) in [5.41, 5.74) is 2.18. The lowest BCUT2D eigenvalue weighted by molar-refractivity contribution is -0.0494. The summed E-state index contributed by atoms with van der Waals surface area (Å²) in [7, 11) is 0. The second-order valence-corrected chi connectivity index (χ2v) is 11.4. The third-order valence-electron chi connectivity index (χ3n) is 6.71. The Kier molecular flexibility index (Phi) is 8.71. The van der Waals surface area contributed by atoms with Gasteiger partial charge in [0, 0.05) is 36.9 Å². The van der Waals surface area contributed by atoms with E-state index in [2.05, 4.69) is 12.2 Å². The molecule has 4 rings (SSSR count). The van der Waals surface area contributed by atoms with E-state index in [0.29, 0.717) is 22.7 Å². The van der Waals surface area contributed by atoms with Gasteiger partial charge in [0.1, 0.15) is 11.4 Å². The molecule has 7 nitrogen and oxygen atoms in total. The highest BCUT2D eigenvalue weighted by Gasteiger charge is 2.35. The van der Waals surface area contributed by atoms with Crippen LogP contribution < -0.4 is 10.1 Å². The molecule has 1 N–H and O–H groups in total. The second kappa shape index (κ2) is 11.9. The van der Waals surface area contributed by atoms with Crippen molar-refractivity contribution in [1.82, 2.24) is 10.2 Å². The van der Waals surface area contributed by atoms with Crippen molar-refractivity contribution in [1.29, 1.82) is 0 Å². The summed E-state index contributed by atoms with van der Waals surface area (Å²) in [5, 5.41) is 3.53. The Balaban J connectivity index is 1.57. The summed E-state index contributed by atoms with van der Waals surface area (Å²) in [5.74, 6) is -1.80. The summed E-state index contributed by atoms with van der Waals surface area (Å²) in [6, 6.07) is 12.9. The lowest BCUT2D eigenvalue weighted by Crippen LogP contribution is -2.42. The number of alkyl carbamates (subject to hydrolysis) is 1. The highest BCUT2D eigenvalue weighted by molar-refractivity contribution is 5.95. The third kappa shape index (κ3) is 7.52. The maximum absolute atomic E-state index is 13.5. The highest BCUT2D eigenvalue weighted by Crippen LogP contribution is 2.36. The van der Waals surface area contributed by atoms with Gasteiger partial charge in [0.05, 0.1) is 12.6 Å². The molecule has 40 heavy (non-hydrogen) atoms. The van der Waals surface area contributed by atoms with Crippen LogP contribution in [0.2, 0.25) is 0 Å². The molecule has 216 valence electrons. The van der Waals surface area contributed by atoms with Gasteiger partial charge < -0.3 is 24.1 Å². The van der Waals surface area contributed by atoms with Gasteiger partial charge >= 0.3 is 6.09 Å². The van der Waals surface area contributed by atoms with Gasteiger partial charge in [-0.1, -0.05) is 25.5 Å². The molecular formula is C31H38F2N2O5. The molecule has 1 aromatic heterocycles. The summed E-state index contributed by atoms with van der Waals surface area (Å²) in [6.45, 7) is 9.75. The molecule has 3 aromatic rings. The zero-order chi connectivity index (χ0) is 29.1. The lowest BCUT2D eigenvalue weighted by atomic mass is 10.0. The highest BCUT2D eigenvalue weighted by atomic mass is 19.3. The second-order valence-electron chi connectivity index (χ2n) is 11.4. The van der Waals surface area contributed by atoms with E-state index in [4.69, 9.17) is 13.9 Å². The number of hydrogen-bond acceptors (Lipinski definition) is 5. The van der Waals surface area contributed by atoms with Gasteiger partial charge in [0.2, 0.25) is 0 Å². The molecular weight excluding hydrogens is 518 g/mol. The summed E-state index contributed by atoms with van der Waals surface area (Å²) in [6.07, 6.45) is 0.658. The molecule has 1 aliphatic heterocycles. The maximum Gasteiger partial charge on any atom is 0.408 e. The van der Waals surface area contributed by atoms with Gasteiger partial charge in [-0.15, -0.1) is 0 Å². The first kappa shape index (κ1) is 29.4. The molecule has 1 atom stereocenters. The number of nitrogens with one attached hydrogen (secondary N) is 1. The van der Waals surface area contributed by atoms with Crippen LogP contribution in [0, 0.1) is 0 Å². The molecule has 1 aliphatic rings. The third-order valence-corrected chi connectivity index (χ3v) is 6.71. The average molecular weight is 557 g/mol. The van der Waals surface area contributed by atoms with Crippen LogP contribution in [-0.4, -0.2) is 47.6 Å². The Morgan fingerprint density at radius 3 is 2.38 bits per heavy atom. The van der Waals surface area contributed by atoms with Crippen molar-refractivity contribution < 1.29 is 32.3 Å². The van der Waals surface area contributed by atoms with Gasteiger partial charge in [-0.3, -0.25) is 4.79 Å². The molecule has 2 amide bonds. The number of halogens is 2. The molecule has 9 heteroatoms. The lowest BCUT2D eigenvalue weighted by Gasteiger charge is -2.31. The fraction of sp³-hybridized carbons (Fsp3) is 0.484. The Bertz CT molecular complexity index is 1330.